The van der Waals surface area contributed by atoms with Crippen LogP contribution in [0.15, 0.2) is 41.3 Å². The SMILES string of the molecule is Cc1c(C(=O)OCC(=O)Nc2ccnn2Cc2ccccc2Cl)sc2nc3n(c(=O)c12)CCC3. The number of halogens is 1. The molecule has 34 heavy (non-hydrogen) atoms. The van der Waals surface area contributed by atoms with Crippen molar-refractivity contribution in [3.8, 4) is 0 Å². The average molecular weight is 498 g/mol. The number of rotatable bonds is 6. The topological polar surface area (TPSA) is 108 Å². The first kappa shape index (κ1) is 22.3. The fraction of sp³-hybridized carbons (Fsp3) is 0.261. The minimum absolute atomic E-state index is 0.130. The minimum atomic E-state index is -0.662. The van der Waals surface area contributed by atoms with Gasteiger partial charge in [-0.25, -0.2) is 14.5 Å². The monoisotopic (exact) mass is 497 g/mol. The van der Waals surface area contributed by atoms with Gasteiger partial charge in [0.25, 0.3) is 11.5 Å². The molecule has 1 aliphatic heterocycles. The van der Waals surface area contributed by atoms with E-state index >= 15 is 0 Å². The molecule has 0 atom stereocenters. The third kappa shape index (κ3) is 4.10. The first-order valence-electron chi connectivity index (χ1n) is 10.7. The van der Waals surface area contributed by atoms with E-state index in [1.807, 2.05) is 18.2 Å². The molecule has 0 radical (unpaired) electrons. The van der Waals surface area contributed by atoms with Crippen molar-refractivity contribution in [3.05, 3.63) is 73.7 Å². The Labute approximate surface area is 202 Å². The Morgan fingerprint density at radius 2 is 2.09 bits per heavy atom. The summed E-state index contributed by atoms with van der Waals surface area (Å²) in [7, 11) is 0. The highest BCUT2D eigenvalue weighted by Gasteiger charge is 2.24. The number of carbonyl (C=O) groups is 2. The summed E-state index contributed by atoms with van der Waals surface area (Å²) in [6, 6.07) is 9.01. The molecule has 3 aromatic heterocycles. The summed E-state index contributed by atoms with van der Waals surface area (Å²) < 4.78 is 8.49. The molecular weight excluding hydrogens is 478 g/mol. The molecule has 0 aliphatic carbocycles. The lowest BCUT2D eigenvalue weighted by Gasteiger charge is -2.10. The number of aryl methyl sites for hydroxylation is 2. The molecule has 4 heterocycles. The molecule has 0 fully saturated rings. The van der Waals surface area contributed by atoms with Gasteiger partial charge in [0.05, 0.1) is 18.1 Å². The Morgan fingerprint density at radius 3 is 2.91 bits per heavy atom. The van der Waals surface area contributed by atoms with Crippen LogP contribution in [0.3, 0.4) is 0 Å². The predicted molar refractivity (Wildman–Crippen MR) is 129 cm³/mol. The van der Waals surface area contributed by atoms with E-state index in [2.05, 4.69) is 15.4 Å². The van der Waals surface area contributed by atoms with Gasteiger partial charge in [0.15, 0.2) is 6.61 Å². The van der Waals surface area contributed by atoms with Crippen LogP contribution in [0.4, 0.5) is 5.82 Å². The summed E-state index contributed by atoms with van der Waals surface area (Å²) in [5.74, 6) is 0.0205. The highest BCUT2D eigenvalue weighted by molar-refractivity contribution is 7.20. The number of nitrogens with zero attached hydrogens (tertiary/aromatic N) is 4. The van der Waals surface area contributed by atoms with E-state index in [9.17, 15) is 14.4 Å². The van der Waals surface area contributed by atoms with Crippen molar-refractivity contribution in [2.45, 2.75) is 32.9 Å². The third-order valence-electron chi connectivity index (χ3n) is 5.69. The van der Waals surface area contributed by atoms with E-state index in [0.717, 1.165) is 35.6 Å². The third-order valence-corrected chi connectivity index (χ3v) is 7.23. The fourth-order valence-corrected chi connectivity index (χ4v) is 5.28. The van der Waals surface area contributed by atoms with Gasteiger partial charge in [-0.15, -0.1) is 11.3 Å². The van der Waals surface area contributed by atoms with Gasteiger partial charge in [-0.05, 0) is 30.5 Å². The summed E-state index contributed by atoms with van der Waals surface area (Å²) in [4.78, 5) is 43.3. The number of carbonyl (C=O) groups excluding carboxylic acids is 2. The Bertz CT molecular complexity index is 1490. The number of amides is 1. The fourth-order valence-electron chi connectivity index (χ4n) is 4.00. The van der Waals surface area contributed by atoms with E-state index in [1.165, 1.54) is 0 Å². The van der Waals surface area contributed by atoms with Crippen molar-refractivity contribution in [2.75, 3.05) is 11.9 Å². The molecule has 1 aromatic carbocycles. The summed E-state index contributed by atoms with van der Waals surface area (Å²) in [6.07, 6.45) is 3.19. The highest BCUT2D eigenvalue weighted by Crippen LogP contribution is 2.29. The lowest BCUT2D eigenvalue weighted by Crippen LogP contribution is -2.23. The van der Waals surface area contributed by atoms with Crippen LogP contribution in [-0.2, 0) is 29.0 Å². The van der Waals surface area contributed by atoms with Gasteiger partial charge >= 0.3 is 5.97 Å². The molecule has 11 heteroatoms. The van der Waals surface area contributed by atoms with Gasteiger partial charge in [-0.1, -0.05) is 29.8 Å². The largest absolute Gasteiger partial charge is 0.451 e. The van der Waals surface area contributed by atoms with E-state index in [4.69, 9.17) is 16.3 Å². The number of ether oxygens (including phenoxy) is 1. The number of hydrogen-bond donors (Lipinski definition) is 1. The number of aromatic nitrogens is 4. The zero-order chi connectivity index (χ0) is 23.8. The molecule has 0 bridgehead atoms. The second kappa shape index (κ2) is 9.03. The smallest absolute Gasteiger partial charge is 0.349 e. The summed E-state index contributed by atoms with van der Waals surface area (Å²) in [5.41, 5.74) is 1.25. The minimum Gasteiger partial charge on any atom is -0.451 e. The zero-order valence-electron chi connectivity index (χ0n) is 18.2. The van der Waals surface area contributed by atoms with E-state index < -0.39 is 18.5 Å². The van der Waals surface area contributed by atoms with Gasteiger partial charge in [0.2, 0.25) is 0 Å². The summed E-state index contributed by atoms with van der Waals surface area (Å²) in [5, 5.41) is 7.95. The number of hydrogen-bond acceptors (Lipinski definition) is 7. The molecule has 1 aliphatic rings. The maximum absolute atomic E-state index is 12.8. The van der Waals surface area contributed by atoms with E-state index in [0.29, 0.717) is 39.7 Å². The molecule has 1 N–H and O–H groups in total. The van der Waals surface area contributed by atoms with Crippen LogP contribution in [0.5, 0.6) is 0 Å². The molecule has 1 amide bonds. The van der Waals surface area contributed by atoms with Gasteiger partial charge < -0.3 is 10.1 Å². The van der Waals surface area contributed by atoms with Crippen LogP contribution >= 0.6 is 22.9 Å². The molecule has 5 rings (SSSR count). The quantitative estimate of drug-likeness (QED) is 0.409. The van der Waals surface area contributed by atoms with Crippen molar-refractivity contribution in [1.29, 1.82) is 0 Å². The van der Waals surface area contributed by atoms with Crippen LogP contribution in [0.2, 0.25) is 5.02 Å². The Balaban J connectivity index is 1.26. The predicted octanol–water partition coefficient (Wildman–Crippen LogP) is 3.41. The van der Waals surface area contributed by atoms with Gasteiger partial charge in [0.1, 0.15) is 21.3 Å². The van der Waals surface area contributed by atoms with Crippen LogP contribution in [0, 0.1) is 6.92 Å². The van der Waals surface area contributed by atoms with Crippen molar-refractivity contribution in [1.82, 2.24) is 19.3 Å². The molecule has 0 saturated heterocycles. The van der Waals surface area contributed by atoms with Gasteiger partial charge in [0, 0.05) is 24.1 Å². The molecule has 9 nitrogen and oxygen atoms in total. The van der Waals surface area contributed by atoms with E-state index in [1.54, 1.807) is 34.5 Å². The Hall–Kier alpha value is -3.50. The van der Waals surface area contributed by atoms with Crippen LogP contribution in [0.1, 0.15) is 33.0 Å². The van der Waals surface area contributed by atoms with Crippen molar-refractivity contribution in [3.63, 3.8) is 0 Å². The number of anilines is 1. The molecule has 0 saturated carbocycles. The standard InChI is InChI=1S/C23H20ClN5O4S/c1-13-19-21(27-16-7-4-10-28(16)22(19)31)34-20(13)23(32)33-12-18(30)26-17-8-9-25-29(17)11-14-5-2-3-6-15(14)24/h2-3,5-6,8-9H,4,7,10-12H2,1H3,(H,26,30). The lowest BCUT2D eigenvalue weighted by molar-refractivity contribution is -0.119. The number of esters is 1. The van der Waals surface area contributed by atoms with Crippen molar-refractivity contribution < 1.29 is 14.3 Å². The van der Waals surface area contributed by atoms with Gasteiger partial charge in [-0.3, -0.25) is 14.2 Å². The normalized spacial score (nSPS) is 12.6. The van der Waals surface area contributed by atoms with Gasteiger partial charge in [-0.2, -0.15) is 5.10 Å². The second-order valence-electron chi connectivity index (χ2n) is 7.91. The maximum atomic E-state index is 12.8. The molecular formula is C23H20ClN5O4S. The Morgan fingerprint density at radius 1 is 1.26 bits per heavy atom. The van der Waals surface area contributed by atoms with Crippen LogP contribution < -0.4 is 10.9 Å². The second-order valence-corrected chi connectivity index (χ2v) is 9.32. The number of benzene rings is 1. The van der Waals surface area contributed by atoms with Crippen molar-refractivity contribution >= 4 is 50.8 Å². The summed E-state index contributed by atoms with van der Waals surface area (Å²) >= 11 is 7.33. The lowest BCUT2D eigenvalue weighted by atomic mass is 10.2. The number of fused-ring (bicyclic) bond motifs is 2. The molecule has 0 spiro atoms. The van der Waals surface area contributed by atoms with Crippen molar-refractivity contribution in [2.24, 2.45) is 0 Å². The first-order valence-corrected chi connectivity index (χ1v) is 11.9. The van der Waals surface area contributed by atoms with Crippen LogP contribution in [-0.4, -0.2) is 37.8 Å². The molecule has 174 valence electrons. The maximum Gasteiger partial charge on any atom is 0.349 e. The molecule has 0 unspecified atom stereocenters. The van der Waals surface area contributed by atoms with Crippen LogP contribution in [0.25, 0.3) is 10.2 Å². The first-order chi connectivity index (χ1) is 16.4. The Kier molecular flexibility index (Phi) is 5.93. The number of nitrogens with one attached hydrogen (secondary N) is 1. The number of thiophene rings is 1. The van der Waals surface area contributed by atoms with E-state index in [-0.39, 0.29) is 10.4 Å². The highest BCUT2D eigenvalue weighted by atomic mass is 35.5. The summed E-state index contributed by atoms with van der Waals surface area (Å²) in [6.45, 7) is 2.23. The average Bonchev–Trinajstić information content (AvgIpc) is 3.54. The zero-order valence-corrected chi connectivity index (χ0v) is 19.8. The molecule has 4 aromatic rings.